The van der Waals surface area contributed by atoms with Gasteiger partial charge in [-0.2, -0.15) is 20.4 Å². The number of carbonyl (C=O) groups excluding carboxylic acids is 1. The van der Waals surface area contributed by atoms with Crippen molar-refractivity contribution in [1.82, 2.24) is 125 Å². The lowest BCUT2D eigenvalue weighted by molar-refractivity contribution is 0.0724. The second-order valence-electron chi connectivity index (χ2n) is 36.0. The van der Waals surface area contributed by atoms with Crippen LogP contribution >= 0.6 is 34.0 Å². The number of likely N-dealkylation sites (tertiary alicyclic amines) is 2. The van der Waals surface area contributed by atoms with Gasteiger partial charge < -0.3 is 64.4 Å². The number of hydrogen-bond acceptors (Lipinski definition) is 23. The Bertz CT molecular complexity index is 7460. The average molecular weight is 1880 g/mol. The number of amides is 1. The highest BCUT2D eigenvalue weighted by Crippen LogP contribution is 2.41. The maximum Gasteiger partial charge on any atom is 0.282 e. The van der Waals surface area contributed by atoms with Crippen molar-refractivity contribution >= 4 is 112 Å². The van der Waals surface area contributed by atoms with Crippen LogP contribution in [-0.4, -0.2) is 245 Å². The van der Waals surface area contributed by atoms with Crippen LogP contribution in [0.15, 0.2) is 231 Å². The second-order valence-corrected chi connectivity index (χ2v) is 38.6. The maximum atomic E-state index is 12.9. The number of aromatic amines is 7. The quantitative estimate of drug-likeness (QED) is 0.0445. The predicted molar refractivity (Wildman–Crippen MR) is 551 cm³/mol. The number of ether oxygens (including phenoxy) is 1. The Kier molecular flexibility index (Phi) is 26.2. The van der Waals surface area contributed by atoms with Gasteiger partial charge in [-0.25, -0.2) is 39.9 Å². The normalized spacial score (nSPS) is 15.3. The molecule has 20 aromatic rings. The molecule has 5 fully saturated rings. The van der Waals surface area contributed by atoms with E-state index in [9.17, 15) is 4.79 Å². The minimum Gasteiger partial charge on any atom is -0.378 e. The molecule has 0 atom stereocenters. The summed E-state index contributed by atoms with van der Waals surface area (Å²) in [5, 5.41) is 40.5. The van der Waals surface area contributed by atoms with Crippen molar-refractivity contribution in [2.24, 2.45) is 14.1 Å². The van der Waals surface area contributed by atoms with E-state index in [4.69, 9.17) is 19.7 Å². The number of likely N-dealkylation sites (N-methyl/N-ethyl adjacent to an activating group) is 1. The summed E-state index contributed by atoms with van der Waals surface area (Å²) >= 11 is 4.92. The molecule has 33 heteroatoms. The van der Waals surface area contributed by atoms with Crippen molar-refractivity contribution in [2.75, 3.05) is 135 Å². The molecule has 0 spiro atoms. The Morgan fingerprint density at radius 2 is 0.847 bits per heavy atom. The Hall–Kier alpha value is -14.5. The summed E-state index contributed by atoms with van der Waals surface area (Å²) in [5.41, 5.74) is 29.8. The summed E-state index contributed by atoms with van der Waals surface area (Å²) in [7, 11) is 12.3. The molecule has 0 bridgehead atoms. The summed E-state index contributed by atoms with van der Waals surface area (Å²) in [6.07, 6.45) is 42.8. The van der Waals surface area contributed by atoms with Crippen LogP contribution in [0.1, 0.15) is 77.3 Å². The fraction of sp³-hybridized carbons (Fsp3) is 0.279. The highest BCUT2D eigenvalue weighted by molar-refractivity contribution is 7.13. The number of hydrogen-bond donors (Lipinski definition) is 8. The number of thiazole rings is 3. The van der Waals surface area contributed by atoms with Gasteiger partial charge in [0.1, 0.15) is 33.2 Å². The molecule has 0 saturated carbocycles. The molecule has 5 aliphatic rings. The Morgan fingerprint density at radius 1 is 0.394 bits per heavy atom. The molecule has 0 unspecified atom stereocenters. The minimum absolute atomic E-state index is 0.0556. The van der Waals surface area contributed by atoms with E-state index in [1.165, 1.54) is 76.8 Å². The number of H-pyrrole nitrogens is 7. The number of piperazine rings is 1. The van der Waals surface area contributed by atoms with E-state index in [1.54, 1.807) is 22.7 Å². The average Bonchev–Trinajstić information content (AvgIpc) is 1.64. The molecule has 25 rings (SSSR count). The summed E-state index contributed by atoms with van der Waals surface area (Å²) in [4.78, 5) is 80.4. The molecule has 3 aromatic carbocycles. The zero-order valence-corrected chi connectivity index (χ0v) is 79.9. The standard InChI is InChI=1S/C27H30N6OS.C21H21N5O.C20H22N6S.C18H18N6S.C18H17N5/c1-31-11-13-32(14-12-31)21-7-5-19(6-8-21)20-15-22-23(17-29-25(22)28-16-20)24-18-35-26(30-24)27(34)33-9-3-2-4-10-33;1-25-14-17(12-24-25)20-13-23-21-19(20)10-16(11-22-21)15-2-4-18(5-3-15)26-6-8-27-9-7-26;1-25-5-3-13(4-6-25)18-12-27-20(24-18)14-7-16-17(10-22-19(16)21-8-14)15-9-23-26(2)11-15;1-3-19-4-2-11(1)18-24-16(10-25-18)12-5-14-15(13-7-22-23-8-13)9-21-17(14)20-6-12;1-23(2)15-5-3-12(4-6-15)13-7-16-17(14-9-21-22-10-14)11-20-18(16)19-8-13/h5-8,15-18H,2-4,9-14H2,1H3,(H,28,29);2-5,10-14H,6-9H2,1H3,(H,22,23);7-13H,3-6H2,1-2H3,(H,21,22);5-11,19H,1-4H2,(H,20,21)(H,22,23);3-11H,1-2H3,(H,19,20)(H,21,22). The molecule has 30 nitrogen and oxygen atoms in total. The number of rotatable bonds is 16. The van der Waals surface area contributed by atoms with Gasteiger partial charge in [0.2, 0.25) is 0 Å². The summed E-state index contributed by atoms with van der Waals surface area (Å²) in [5.74, 6) is 1.23. The van der Waals surface area contributed by atoms with Gasteiger partial charge in [-0.3, -0.25) is 24.4 Å². The molecule has 22 heterocycles. The number of piperidine rings is 3. The van der Waals surface area contributed by atoms with Gasteiger partial charge in [0.05, 0.1) is 60.1 Å². The monoisotopic (exact) mass is 1880 g/mol. The topological polar surface area (TPSA) is 333 Å². The summed E-state index contributed by atoms with van der Waals surface area (Å²) in [6.45, 7) is 14.0. The molecule has 8 N–H and O–H groups in total. The fourth-order valence-electron chi connectivity index (χ4n) is 18.7. The maximum absolute atomic E-state index is 12.9. The molecule has 137 heavy (non-hydrogen) atoms. The smallest absolute Gasteiger partial charge is 0.282 e. The van der Waals surface area contributed by atoms with E-state index in [-0.39, 0.29) is 5.91 Å². The molecule has 17 aromatic heterocycles. The molecular formula is C104H108N28O2S3. The van der Waals surface area contributed by atoms with Crippen molar-refractivity contribution < 1.29 is 9.53 Å². The van der Waals surface area contributed by atoms with Crippen LogP contribution in [-0.2, 0) is 18.8 Å². The van der Waals surface area contributed by atoms with Crippen LogP contribution in [0.3, 0.4) is 0 Å². The number of anilines is 3. The number of carbonyl (C=O) groups is 1. The van der Waals surface area contributed by atoms with E-state index in [2.05, 4.69) is 238 Å². The molecule has 0 aliphatic carbocycles. The minimum atomic E-state index is 0.0556. The van der Waals surface area contributed by atoms with E-state index in [0.717, 1.165) is 265 Å². The van der Waals surface area contributed by atoms with Gasteiger partial charge in [0.25, 0.3) is 5.91 Å². The second kappa shape index (κ2) is 40.2. The van der Waals surface area contributed by atoms with Crippen LogP contribution < -0.4 is 20.0 Å². The van der Waals surface area contributed by atoms with Crippen LogP contribution in [0.4, 0.5) is 17.1 Å². The van der Waals surface area contributed by atoms with Crippen molar-refractivity contribution in [3.8, 4) is 111 Å². The van der Waals surface area contributed by atoms with E-state index < -0.39 is 0 Å². The third-order valence-corrected chi connectivity index (χ3v) is 29.4. The molecular weight excluding hydrogens is 1770 g/mol. The summed E-state index contributed by atoms with van der Waals surface area (Å²) in [6, 6.07) is 36.9. The van der Waals surface area contributed by atoms with Crippen LogP contribution in [0, 0.1) is 0 Å². The Morgan fingerprint density at radius 3 is 1.34 bits per heavy atom. The number of pyridine rings is 5. The summed E-state index contributed by atoms with van der Waals surface area (Å²) < 4.78 is 9.07. The van der Waals surface area contributed by atoms with Crippen molar-refractivity contribution in [3.05, 3.63) is 247 Å². The van der Waals surface area contributed by atoms with Gasteiger partial charge in [0.15, 0.2) is 5.01 Å². The number of nitrogens with one attached hydrogen (secondary N) is 8. The molecule has 0 radical (unpaired) electrons. The largest absolute Gasteiger partial charge is 0.378 e. The molecule has 5 saturated heterocycles. The first kappa shape index (κ1) is 89.1. The number of aromatic nitrogens is 21. The molecule has 5 aliphatic heterocycles. The van der Waals surface area contributed by atoms with Crippen molar-refractivity contribution in [2.45, 2.75) is 56.8 Å². The molecule has 1 amide bonds. The van der Waals surface area contributed by atoms with E-state index in [0.29, 0.717) is 16.8 Å². The first-order valence-electron chi connectivity index (χ1n) is 46.8. The van der Waals surface area contributed by atoms with Gasteiger partial charge in [-0.15, -0.1) is 34.0 Å². The lowest BCUT2D eigenvalue weighted by Gasteiger charge is -2.34. The number of nitrogens with zero attached hydrogens (tertiary/aromatic N) is 20. The zero-order valence-electron chi connectivity index (χ0n) is 77.4. The fourth-order valence-corrected chi connectivity index (χ4v) is 21.4. The van der Waals surface area contributed by atoms with Crippen molar-refractivity contribution in [1.29, 1.82) is 0 Å². The highest BCUT2D eigenvalue weighted by atomic mass is 32.1. The number of benzene rings is 3. The van der Waals surface area contributed by atoms with Crippen LogP contribution in [0.5, 0.6) is 0 Å². The van der Waals surface area contributed by atoms with Gasteiger partial charge in [0, 0.05) is 317 Å². The van der Waals surface area contributed by atoms with Crippen LogP contribution in [0.2, 0.25) is 0 Å². The Balaban J connectivity index is 0.000000103. The van der Waals surface area contributed by atoms with E-state index >= 15 is 0 Å². The zero-order chi connectivity index (χ0) is 92.8. The highest BCUT2D eigenvalue weighted by Gasteiger charge is 2.27. The van der Waals surface area contributed by atoms with E-state index in [1.807, 2.05) is 159 Å². The molecule has 694 valence electrons. The lowest BCUT2D eigenvalue weighted by Crippen LogP contribution is -2.44. The van der Waals surface area contributed by atoms with Gasteiger partial charge in [-0.05, 0) is 169 Å². The Labute approximate surface area is 804 Å². The lowest BCUT2D eigenvalue weighted by atomic mass is 9.94. The third kappa shape index (κ3) is 19.8. The number of fused-ring (bicyclic) bond motifs is 5. The SMILES string of the molecule is CN(C)c1ccc(-c2cnc3[nH]cc(-c4cn[nH]c4)c3c2)cc1.CN1CCC(c2csc(-c3cnc4[nH]cc(-c5cnn(C)c5)c4c3)n2)CC1.CN1CCN(c2ccc(-c3cnc4[nH]cc(-c5csc(C(=O)N6CCCCC6)n5)c4c3)cc2)CC1.Cn1cc(-c2c[nH]c3ncc(-c4ccc(N5CCOCC5)cc4)cc23)cn1.c1nc2[nH]cc(-c3cn[nH]c3)c2cc1-c1csc(C2CCNCC2)n1. The first-order chi connectivity index (χ1) is 67.2. The van der Waals surface area contributed by atoms with Crippen LogP contribution in [0.25, 0.3) is 166 Å². The van der Waals surface area contributed by atoms with Gasteiger partial charge >= 0.3 is 0 Å². The van der Waals surface area contributed by atoms with Crippen molar-refractivity contribution in [3.63, 3.8) is 0 Å². The first-order valence-corrected chi connectivity index (χ1v) is 49.5. The predicted octanol–water partition coefficient (Wildman–Crippen LogP) is 19.3. The van der Waals surface area contributed by atoms with Gasteiger partial charge in [-0.1, -0.05) is 36.4 Å². The number of aryl methyl sites for hydroxylation is 2. The number of morpholine rings is 1. The third-order valence-electron chi connectivity index (χ3n) is 26.7.